The van der Waals surface area contributed by atoms with Crippen LogP contribution in [0.4, 0.5) is 17.2 Å². The van der Waals surface area contributed by atoms with Gasteiger partial charge in [-0.25, -0.2) is 9.97 Å². The first-order valence-electron chi connectivity index (χ1n) is 12.0. The molecule has 1 aromatic heterocycles. The van der Waals surface area contributed by atoms with Crippen molar-refractivity contribution in [2.75, 3.05) is 35.6 Å². The summed E-state index contributed by atoms with van der Waals surface area (Å²) in [6, 6.07) is 14.9. The number of allylic oxidation sites excluding steroid dienone is 1. The Morgan fingerprint density at radius 1 is 1.03 bits per heavy atom. The van der Waals surface area contributed by atoms with Crippen LogP contribution in [0.1, 0.15) is 40.0 Å². The monoisotopic (exact) mass is 486 g/mol. The Morgan fingerprint density at radius 3 is 2.72 bits per heavy atom. The van der Waals surface area contributed by atoms with Gasteiger partial charge in [-0.05, 0) is 55.5 Å². The smallest absolute Gasteiger partial charge is 0.257 e. The van der Waals surface area contributed by atoms with Crippen LogP contribution in [-0.2, 0) is 17.6 Å². The lowest BCUT2D eigenvalue weighted by atomic mass is 10.1. The number of amides is 2. The van der Waals surface area contributed by atoms with Crippen molar-refractivity contribution in [3.05, 3.63) is 83.3 Å². The predicted molar refractivity (Wildman–Crippen MR) is 141 cm³/mol. The predicted octanol–water partition coefficient (Wildman–Crippen LogP) is 2.99. The number of nitrogens with one attached hydrogen (secondary N) is 3. The largest absolute Gasteiger partial charge is 0.395 e. The van der Waals surface area contributed by atoms with E-state index in [0.717, 1.165) is 30.4 Å². The van der Waals surface area contributed by atoms with Gasteiger partial charge in [-0.1, -0.05) is 30.3 Å². The molecule has 0 bridgehead atoms. The van der Waals surface area contributed by atoms with Gasteiger partial charge in [0.25, 0.3) is 11.8 Å². The number of primary amides is 1. The number of nitrogens with two attached hydrogens (primary N) is 1. The van der Waals surface area contributed by atoms with Gasteiger partial charge in [0.05, 0.1) is 23.4 Å². The molecule has 1 heterocycles. The molecule has 6 N–H and O–H groups in total. The Balaban J connectivity index is 1.40. The number of fused-ring (bicyclic) bond motifs is 1. The van der Waals surface area contributed by atoms with Crippen LogP contribution < -0.4 is 21.7 Å². The van der Waals surface area contributed by atoms with Gasteiger partial charge in [-0.15, -0.1) is 0 Å². The van der Waals surface area contributed by atoms with E-state index in [0.29, 0.717) is 53.5 Å². The number of aliphatic hydroxyl groups excluding tert-OH is 1. The van der Waals surface area contributed by atoms with Gasteiger partial charge in [0, 0.05) is 30.0 Å². The fourth-order valence-electron chi connectivity index (χ4n) is 4.23. The van der Waals surface area contributed by atoms with E-state index in [1.807, 2.05) is 42.5 Å². The number of benzene rings is 2. The number of nitrogens with zero attached hydrogens (tertiary/aromatic N) is 2. The van der Waals surface area contributed by atoms with E-state index in [2.05, 4.69) is 25.9 Å². The summed E-state index contributed by atoms with van der Waals surface area (Å²) < 4.78 is 0. The Kier molecular flexibility index (Phi) is 8.25. The lowest BCUT2D eigenvalue weighted by Crippen LogP contribution is -2.17. The van der Waals surface area contributed by atoms with Crippen molar-refractivity contribution < 1.29 is 14.7 Å². The number of aliphatic hydroxyl groups is 1. The molecule has 9 heteroatoms. The molecular formula is C27H30N6O3. The van der Waals surface area contributed by atoms with E-state index in [9.17, 15) is 9.59 Å². The van der Waals surface area contributed by atoms with Gasteiger partial charge < -0.3 is 26.8 Å². The van der Waals surface area contributed by atoms with Crippen LogP contribution in [0.15, 0.2) is 60.9 Å². The third-order valence-electron chi connectivity index (χ3n) is 5.94. The molecule has 9 nitrogen and oxygen atoms in total. The summed E-state index contributed by atoms with van der Waals surface area (Å²) >= 11 is 0. The summed E-state index contributed by atoms with van der Waals surface area (Å²) in [5.74, 6) is 0.00672. The van der Waals surface area contributed by atoms with Crippen molar-refractivity contribution in [2.24, 2.45) is 5.73 Å². The SMILES string of the molecule is NC(=O)C1=CCCCc2c(NCCc3cccc(NC(=O)c4ccccc4NCCO)c3)ncnc21. The zero-order valence-electron chi connectivity index (χ0n) is 20.0. The highest BCUT2D eigenvalue weighted by Gasteiger charge is 2.20. The van der Waals surface area contributed by atoms with Crippen LogP contribution in [0.5, 0.6) is 0 Å². The van der Waals surface area contributed by atoms with Crippen LogP contribution in [0.25, 0.3) is 5.57 Å². The molecule has 0 fully saturated rings. The number of carbonyl (C=O) groups is 2. The molecule has 1 aliphatic carbocycles. The van der Waals surface area contributed by atoms with Crippen LogP contribution in [0.3, 0.4) is 0 Å². The summed E-state index contributed by atoms with van der Waals surface area (Å²) in [6.07, 6.45) is 6.44. The molecular weight excluding hydrogens is 456 g/mol. The molecule has 186 valence electrons. The summed E-state index contributed by atoms with van der Waals surface area (Å²) in [7, 11) is 0. The highest BCUT2D eigenvalue weighted by Crippen LogP contribution is 2.28. The second-order valence-corrected chi connectivity index (χ2v) is 8.45. The zero-order chi connectivity index (χ0) is 25.3. The maximum Gasteiger partial charge on any atom is 0.257 e. The number of carbonyl (C=O) groups excluding carboxylic acids is 2. The molecule has 0 spiro atoms. The Morgan fingerprint density at radius 2 is 1.89 bits per heavy atom. The van der Waals surface area contributed by atoms with Crippen molar-refractivity contribution >= 4 is 34.6 Å². The highest BCUT2D eigenvalue weighted by molar-refractivity contribution is 6.18. The molecule has 0 radical (unpaired) electrons. The molecule has 2 aromatic carbocycles. The molecule has 0 saturated carbocycles. The number of hydrogen-bond donors (Lipinski definition) is 5. The molecule has 4 rings (SSSR count). The van der Waals surface area contributed by atoms with E-state index in [4.69, 9.17) is 10.8 Å². The third kappa shape index (κ3) is 6.05. The van der Waals surface area contributed by atoms with Gasteiger partial charge in [-0.3, -0.25) is 9.59 Å². The minimum Gasteiger partial charge on any atom is -0.395 e. The normalized spacial score (nSPS) is 12.6. The number of hydrogen-bond acceptors (Lipinski definition) is 7. The highest BCUT2D eigenvalue weighted by atomic mass is 16.3. The van der Waals surface area contributed by atoms with Crippen molar-refractivity contribution in [3.63, 3.8) is 0 Å². The maximum absolute atomic E-state index is 12.9. The van der Waals surface area contributed by atoms with Crippen molar-refractivity contribution in [3.8, 4) is 0 Å². The summed E-state index contributed by atoms with van der Waals surface area (Å²) in [6.45, 7) is 0.958. The topological polar surface area (TPSA) is 142 Å². The lowest BCUT2D eigenvalue weighted by molar-refractivity contribution is -0.112. The second-order valence-electron chi connectivity index (χ2n) is 8.45. The first-order chi connectivity index (χ1) is 17.6. The molecule has 0 atom stereocenters. The van der Waals surface area contributed by atoms with E-state index in [-0.39, 0.29) is 12.5 Å². The van der Waals surface area contributed by atoms with E-state index in [1.54, 1.807) is 12.1 Å². The first-order valence-corrected chi connectivity index (χ1v) is 12.0. The number of aromatic nitrogens is 2. The van der Waals surface area contributed by atoms with Crippen LogP contribution in [-0.4, -0.2) is 46.6 Å². The van der Waals surface area contributed by atoms with Gasteiger partial charge >= 0.3 is 0 Å². The zero-order valence-corrected chi connectivity index (χ0v) is 20.0. The molecule has 3 aromatic rings. The average Bonchev–Trinajstić information content (AvgIpc) is 3.11. The standard InChI is InChI=1S/C27H30N6O3/c28-25(35)21-9-1-2-10-22-24(21)31-17-32-26(22)30-13-12-18-6-5-7-19(16-18)33-27(36)20-8-3-4-11-23(20)29-14-15-34/h3-9,11,16-17,29,34H,1-2,10,12-15H2,(H2,28,35)(H,33,36)(H,30,31,32). The lowest BCUT2D eigenvalue weighted by Gasteiger charge is -2.14. The van der Waals surface area contributed by atoms with Gasteiger partial charge in [0.1, 0.15) is 12.1 Å². The quantitative estimate of drug-likeness (QED) is 0.296. The number of para-hydroxylation sites is 1. The maximum atomic E-state index is 12.9. The van der Waals surface area contributed by atoms with E-state index < -0.39 is 5.91 Å². The fourth-order valence-corrected chi connectivity index (χ4v) is 4.23. The minimum absolute atomic E-state index is 0.0210. The van der Waals surface area contributed by atoms with E-state index >= 15 is 0 Å². The molecule has 0 saturated heterocycles. The first kappa shape index (κ1) is 24.9. The average molecular weight is 487 g/mol. The molecule has 2 amide bonds. The van der Waals surface area contributed by atoms with Gasteiger partial charge in [0.15, 0.2) is 0 Å². The van der Waals surface area contributed by atoms with Crippen molar-refractivity contribution in [2.45, 2.75) is 25.7 Å². The minimum atomic E-state index is -0.478. The van der Waals surface area contributed by atoms with Gasteiger partial charge in [0.2, 0.25) is 0 Å². The Bertz CT molecular complexity index is 1270. The summed E-state index contributed by atoms with van der Waals surface area (Å²) in [5, 5.41) is 18.5. The van der Waals surface area contributed by atoms with Crippen LogP contribution in [0.2, 0.25) is 0 Å². The summed E-state index contributed by atoms with van der Waals surface area (Å²) in [4.78, 5) is 33.5. The molecule has 36 heavy (non-hydrogen) atoms. The Labute approximate surface area is 209 Å². The summed E-state index contributed by atoms with van der Waals surface area (Å²) in [5.41, 5.74) is 10.4. The van der Waals surface area contributed by atoms with Crippen LogP contribution >= 0.6 is 0 Å². The van der Waals surface area contributed by atoms with E-state index in [1.165, 1.54) is 6.33 Å². The Hall–Kier alpha value is -4.24. The molecule has 1 aliphatic rings. The molecule has 0 unspecified atom stereocenters. The number of anilines is 3. The van der Waals surface area contributed by atoms with Crippen molar-refractivity contribution in [1.82, 2.24) is 9.97 Å². The van der Waals surface area contributed by atoms with Gasteiger partial charge in [-0.2, -0.15) is 0 Å². The number of rotatable bonds is 10. The van der Waals surface area contributed by atoms with Crippen LogP contribution in [0, 0.1) is 0 Å². The fraction of sp³-hybridized carbons (Fsp3) is 0.259. The third-order valence-corrected chi connectivity index (χ3v) is 5.94. The van der Waals surface area contributed by atoms with Crippen molar-refractivity contribution in [1.29, 1.82) is 0 Å². The molecule has 0 aliphatic heterocycles. The second kappa shape index (κ2) is 11.9.